The number of hydrogen-bond acceptors (Lipinski definition) is 6. The molecule has 0 aliphatic carbocycles. The van der Waals surface area contributed by atoms with Crippen molar-refractivity contribution in [1.29, 1.82) is 0 Å². The van der Waals surface area contributed by atoms with E-state index < -0.39 is 9.84 Å². The number of benzene rings is 2. The van der Waals surface area contributed by atoms with E-state index in [0.29, 0.717) is 21.0 Å². The van der Waals surface area contributed by atoms with Gasteiger partial charge in [0.1, 0.15) is 0 Å². The number of carbonyl (C=O) groups excluding carboxylic acids is 2. The zero-order valence-corrected chi connectivity index (χ0v) is 20.5. The quantitative estimate of drug-likeness (QED) is 0.510. The van der Waals surface area contributed by atoms with Gasteiger partial charge in [0.15, 0.2) is 9.84 Å². The molecule has 1 saturated heterocycles. The van der Waals surface area contributed by atoms with Crippen LogP contribution in [-0.4, -0.2) is 45.1 Å². The number of para-hydroxylation sites is 1. The number of carbonyl (C=O) groups is 2. The molecular formula is C25H27N3O4S2. The Kier molecular flexibility index (Phi) is 7.33. The summed E-state index contributed by atoms with van der Waals surface area (Å²) in [4.78, 5) is 28.5. The molecule has 34 heavy (non-hydrogen) atoms. The Morgan fingerprint density at radius 2 is 1.68 bits per heavy atom. The third-order valence-electron chi connectivity index (χ3n) is 5.94. The standard InChI is InChI=1S/C25H27N3O4S2/c1-2-34(31,32)20-11-9-19(10-12-20)28-15-13-18(14-16-28)26-24(29)21-6-3-4-7-22(21)27-25(30)23-8-5-17-33-23/h3-12,17-18H,2,13-16H2,1H3,(H,26,29)(H,27,30). The van der Waals surface area contributed by atoms with Crippen molar-refractivity contribution in [1.82, 2.24) is 5.32 Å². The van der Waals surface area contributed by atoms with Gasteiger partial charge in [0.25, 0.3) is 11.8 Å². The van der Waals surface area contributed by atoms with Gasteiger partial charge in [0.05, 0.1) is 26.8 Å². The Labute approximate surface area is 203 Å². The maximum atomic E-state index is 13.0. The Morgan fingerprint density at radius 3 is 2.32 bits per heavy atom. The van der Waals surface area contributed by atoms with E-state index in [1.54, 1.807) is 49.4 Å². The lowest BCUT2D eigenvalue weighted by Crippen LogP contribution is -2.44. The second kappa shape index (κ2) is 10.4. The molecule has 0 bridgehead atoms. The van der Waals surface area contributed by atoms with Crippen LogP contribution in [-0.2, 0) is 9.84 Å². The number of hydrogen-bond donors (Lipinski definition) is 2. The molecule has 0 spiro atoms. The summed E-state index contributed by atoms with van der Waals surface area (Å²) in [6, 6.07) is 17.6. The van der Waals surface area contributed by atoms with Gasteiger partial charge in [-0.3, -0.25) is 9.59 Å². The van der Waals surface area contributed by atoms with Crippen molar-refractivity contribution in [3.8, 4) is 0 Å². The van der Waals surface area contributed by atoms with Gasteiger partial charge in [0.2, 0.25) is 0 Å². The molecule has 2 heterocycles. The number of piperidine rings is 1. The molecule has 1 aromatic heterocycles. The summed E-state index contributed by atoms with van der Waals surface area (Å²) in [7, 11) is -3.21. The molecule has 1 fully saturated rings. The molecule has 178 valence electrons. The van der Waals surface area contributed by atoms with E-state index in [1.165, 1.54) is 11.3 Å². The van der Waals surface area contributed by atoms with E-state index in [1.807, 2.05) is 23.6 Å². The van der Waals surface area contributed by atoms with Crippen LogP contribution >= 0.6 is 11.3 Å². The fourth-order valence-electron chi connectivity index (χ4n) is 3.96. The SMILES string of the molecule is CCS(=O)(=O)c1ccc(N2CCC(NC(=O)c3ccccc3NC(=O)c3cccs3)CC2)cc1. The lowest BCUT2D eigenvalue weighted by atomic mass is 10.0. The predicted octanol–water partition coefficient (Wildman–Crippen LogP) is 4.19. The lowest BCUT2D eigenvalue weighted by Gasteiger charge is -2.34. The highest BCUT2D eigenvalue weighted by Gasteiger charge is 2.23. The first-order valence-electron chi connectivity index (χ1n) is 11.2. The number of anilines is 2. The van der Waals surface area contributed by atoms with Crippen molar-refractivity contribution in [3.63, 3.8) is 0 Å². The third kappa shape index (κ3) is 5.48. The molecule has 2 N–H and O–H groups in total. The van der Waals surface area contributed by atoms with E-state index in [4.69, 9.17) is 0 Å². The Bertz CT molecular complexity index is 1250. The molecule has 0 radical (unpaired) electrons. The summed E-state index contributed by atoms with van der Waals surface area (Å²) in [6.45, 7) is 3.14. The zero-order chi connectivity index (χ0) is 24.1. The van der Waals surface area contributed by atoms with Crippen LogP contribution < -0.4 is 15.5 Å². The highest BCUT2D eigenvalue weighted by molar-refractivity contribution is 7.91. The second-order valence-corrected chi connectivity index (χ2v) is 11.3. The van der Waals surface area contributed by atoms with Crippen molar-refractivity contribution >= 4 is 44.4 Å². The number of nitrogens with zero attached hydrogens (tertiary/aromatic N) is 1. The number of nitrogens with one attached hydrogen (secondary N) is 2. The molecule has 1 aliphatic heterocycles. The maximum absolute atomic E-state index is 13.0. The highest BCUT2D eigenvalue weighted by Crippen LogP contribution is 2.23. The van der Waals surface area contributed by atoms with Crippen LogP contribution in [0.5, 0.6) is 0 Å². The third-order valence-corrected chi connectivity index (χ3v) is 8.56. The molecule has 0 atom stereocenters. The molecule has 2 aromatic carbocycles. The van der Waals surface area contributed by atoms with Crippen molar-refractivity contribution in [3.05, 3.63) is 76.5 Å². The highest BCUT2D eigenvalue weighted by atomic mass is 32.2. The summed E-state index contributed by atoms with van der Waals surface area (Å²) >= 11 is 1.35. The van der Waals surface area contributed by atoms with Crippen LogP contribution in [0.3, 0.4) is 0 Å². The minimum atomic E-state index is -3.21. The number of amides is 2. The molecule has 9 heteroatoms. The van der Waals surface area contributed by atoms with Gasteiger partial charge in [-0.2, -0.15) is 0 Å². The normalized spacial score (nSPS) is 14.6. The fourth-order valence-corrected chi connectivity index (χ4v) is 5.46. The number of thiophene rings is 1. The van der Waals surface area contributed by atoms with Crippen molar-refractivity contribution in [2.45, 2.75) is 30.7 Å². The maximum Gasteiger partial charge on any atom is 0.265 e. The Hall–Kier alpha value is -3.17. The van der Waals surface area contributed by atoms with Crippen LogP contribution in [0.4, 0.5) is 11.4 Å². The summed E-state index contributed by atoms with van der Waals surface area (Å²) in [5, 5.41) is 7.77. The predicted molar refractivity (Wildman–Crippen MR) is 136 cm³/mol. The summed E-state index contributed by atoms with van der Waals surface area (Å²) in [6.07, 6.45) is 1.54. The molecular weight excluding hydrogens is 470 g/mol. The van der Waals surface area contributed by atoms with E-state index in [9.17, 15) is 18.0 Å². The number of sulfone groups is 1. The van der Waals surface area contributed by atoms with E-state index in [0.717, 1.165) is 31.6 Å². The first-order valence-corrected chi connectivity index (χ1v) is 13.7. The first kappa shape index (κ1) is 24.0. The monoisotopic (exact) mass is 497 g/mol. The van der Waals surface area contributed by atoms with Gasteiger partial charge in [0, 0.05) is 24.8 Å². The smallest absolute Gasteiger partial charge is 0.265 e. The van der Waals surface area contributed by atoms with Crippen LogP contribution in [0.25, 0.3) is 0 Å². The summed E-state index contributed by atoms with van der Waals surface area (Å²) in [5.74, 6) is -0.367. The van der Waals surface area contributed by atoms with E-state index >= 15 is 0 Å². The van der Waals surface area contributed by atoms with Gasteiger partial charge in [-0.15, -0.1) is 11.3 Å². The minimum absolute atomic E-state index is 0.0181. The topological polar surface area (TPSA) is 95.6 Å². The average Bonchev–Trinajstić information content (AvgIpc) is 3.40. The fraction of sp³-hybridized carbons (Fsp3) is 0.280. The molecule has 2 amide bonds. The minimum Gasteiger partial charge on any atom is -0.371 e. The van der Waals surface area contributed by atoms with Gasteiger partial charge in [-0.1, -0.05) is 25.1 Å². The average molecular weight is 498 g/mol. The molecule has 4 rings (SSSR count). The lowest BCUT2D eigenvalue weighted by molar-refractivity contribution is 0.0932. The molecule has 7 nitrogen and oxygen atoms in total. The van der Waals surface area contributed by atoms with Gasteiger partial charge in [-0.05, 0) is 60.7 Å². The summed E-state index contributed by atoms with van der Waals surface area (Å²) in [5.41, 5.74) is 1.89. The largest absolute Gasteiger partial charge is 0.371 e. The Balaban J connectivity index is 1.35. The van der Waals surface area contributed by atoms with Crippen molar-refractivity contribution in [2.75, 3.05) is 29.1 Å². The molecule has 1 aliphatic rings. The van der Waals surface area contributed by atoms with Crippen LogP contribution in [0.2, 0.25) is 0 Å². The molecule has 0 unspecified atom stereocenters. The zero-order valence-electron chi connectivity index (χ0n) is 18.9. The molecule has 3 aromatic rings. The van der Waals surface area contributed by atoms with E-state index in [2.05, 4.69) is 15.5 Å². The van der Waals surface area contributed by atoms with Gasteiger partial charge in [-0.25, -0.2) is 8.42 Å². The molecule has 0 saturated carbocycles. The number of rotatable bonds is 7. The summed E-state index contributed by atoms with van der Waals surface area (Å²) < 4.78 is 24.0. The first-order chi connectivity index (χ1) is 16.4. The van der Waals surface area contributed by atoms with Gasteiger partial charge >= 0.3 is 0 Å². The van der Waals surface area contributed by atoms with Gasteiger partial charge < -0.3 is 15.5 Å². The Morgan fingerprint density at radius 1 is 0.971 bits per heavy atom. The van der Waals surface area contributed by atoms with Crippen LogP contribution in [0.1, 0.15) is 39.8 Å². The second-order valence-electron chi connectivity index (χ2n) is 8.11. The van der Waals surface area contributed by atoms with Crippen molar-refractivity contribution in [2.24, 2.45) is 0 Å². The van der Waals surface area contributed by atoms with E-state index in [-0.39, 0.29) is 23.6 Å². The van der Waals surface area contributed by atoms with Crippen LogP contribution in [0, 0.1) is 0 Å². The van der Waals surface area contributed by atoms with Crippen molar-refractivity contribution < 1.29 is 18.0 Å². The van der Waals surface area contributed by atoms with Crippen LogP contribution in [0.15, 0.2) is 70.9 Å².